The molecule has 34 heavy (non-hydrogen) atoms. The highest BCUT2D eigenvalue weighted by Crippen LogP contribution is 2.32. The average Bonchev–Trinajstić information content (AvgIpc) is 2.82. The topological polar surface area (TPSA) is 91.4 Å². The lowest BCUT2D eigenvalue weighted by molar-refractivity contribution is -0.145. The van der Waals surface area contributed by atoms with E-state index in [0.717, 1.165) is 32.1 Å². The fourth-order valence-electron chi connectivity index (χ4n) is 4.36. The van der Waals surface area contributed by atoms with Crippen molar-refractivity contribution < 1.29 is 14.4 Å². The molecular formula is C26H33ClN4O3. The van der Waals surface area contributed by atoms with E-state index in [1.165, 1.54) is 0 Å². The number of hydrogen-bond acceptors (Lipinski definition) is 4. The standard InChI is InChI=1S/C26H33ClN4O3/c1-18(2)29-26(34)25(19-11-13-20(27)14-12-19)31(21-8-4-3-5-9-21)24(33)16-15-23(32)30-22-10-6-7-17-28-22/h6-7,10-14,17-18,21,25H,3-5,8-9,15-16H2,1-2H3,(H,29,34)(H,28,30,32). The third-order valence-corrected chi connectivity index (χ3v) is 6.15. The van der Waals surface area contributed by atoms with Gasteiger partial charge in [-0.3, -0.25) is 14.4 Å². The Morgan fingerprint density at radius 2 is 1.74 bits per heavy atom. The second-order valence-corrected chi connectivity index (χ2v) is 9.41. The van der Waals surface area contributed by atoms with Crippen molar-refractivity contribution in [2.45, 2.75) is 76.9 Å². The van der Waals surface area contributed by atoms with Gasteiger partial charge in [0, 0.05) is 36.1 Å². The van der Waals surface area contributed by atoms with Crippen molar-refractivity contribution in [3.8, 4) is 0 Å². The normalized spacial score (nSPS) is 14.9. The molecule has 0 aliphatic heterocycles. The van der Waals surface area contributed by atoms with E-state index in [4.69, 9.17) is 11.6 Å². The summed E-state index contributed by atoms with van der Waals surface area (Å²) in [6.45, 7) is 3.79. The summed E-state index contributed by atoms with van der Waals surface area (Å²) in [6, 6.07) is 11.4. The fourth-order valence-corrected chi connectivity index (χ4v) is 4.48. The van der Waals surface area contributed by atoms with Crippen molar-refractivity contribution in [1.29, 1.82) is 0 Å². The first kappa shape index (κ1) is 25.7. The van der Waals surface area contributed by atoms with E-state index in [9.17, 15) is 14.4 Å². The van der Waals surface area contributed by atoms with Crippen molar-refractivity contribution in [1.82, 2.24) is 15.2 Å². The number of nitrogens with zero attached hydrogens (tertiary/aromatic N) is 2. The number of carbonyl (C=O) groups excluding carboxylic acids is 3. The molecule has 1 heterocycles. The third-order valence-electron chi connectivity index (χ3n) is 5.90. The van der Waals surface area contributed by atoms with Crippen LogP contribution < -0.4 is 10.6 Å². The van der Waals surface area contributed by atoms with Gasteiger partial charge in [-0.25, -0.2) is 4.98 Å². The van der Waals surface area contributed by atoms with Gasteiger partial charge in [0.2, 0.25) is 17.7 Å². The quantitative estimate of drug-likeness (QED) is 0.530. The number of carbonyl (C=O) groups is 3. The highest BCUT2D eigenvalue weighted by Gasteiger charge is 2.37. The van der Waals surface area contributed by atoms with Crippen LogP contribution in [0.2, 0.25) is 5.02 Å². The minimum atomic E-state index is -0.783. The molecule has 7 nitrogen and oxygen atoms in total. The molecule has 3 rings (SSSR count). The molecule has 0 bridgehead atoms. The Balaban J connectivity index is 1.83. The molecular weight excluding hydrogens is 452 g/mol. The van der Waals surface area contributed by atoms with Gasteiger partial charge in [0.1, 0.15) is 11.9 Å². The Hall–Kier alpha value is -2.93. The third kappa shape index (κ3) is 7.29. The average molecular weight is 485 g/mol. The Morgan fingerprint density at radius 3 is 2.35 bits per heavy atom. The minimum Gasteiger partial charge on any atom is -0.352 e. The monoisotopic (exact) mass is 484 g/mol. The summed E-state index contributed by atoms with van der Waals surface area (Å²) in [4.78, 5) is 45.2. The SMILES string of the molecule is CC(C)NC(=O)C(c1ccc(Cl)cc1)N(C(=O)CCC(=O)Nc1ccccn1)C1CCCCC1. The van der Waals surface area contributed by atoms with Crippen LogP contribution in [-0.2, 0) is 14.4 Å². The van der Waals surface area contributed by atoms with Gasteiger partial charge < -0.3 is 15.5 Å². The van der Waals surface area contributed by atoms with Gasteiger partial charge in [0.25, 0.3) is 0 Å². The van der Waals surface area contributed by atoms with Crippen LogP contribution in [0.5, 0.6) is 0 Å². The fraction of sp³-hybridized carbons (Fsp3) is 0.462. The summed E-state index contributed by atoms with van der Waals surface area (Å²) in [7, 11) is 0. The minimum absolute atomic E-state index is 0.00815. The Morgan fingerprint density at radius 1 is 1.03 bits per heavy atom. The number of aromatic nitrogens is 1. The van der Waals surface area contributed by atoms with Gasteiger partial charge >= 0.3 is 0 Å². The maximum absolute atomic E-state index is 13.6. The number of pyridine rings is 1. The first-order chi connectivity index (χ1) is 16.3. The van der Waals surface area contributed by atoms with Gasteiger partial charge in [0.15, 0.2) is 0 Å². The maximum atomic E-state index is 13.6. The molecule has 2 aromatic rings. The van der Waals surface area contributed by atoms with Gasteiger partial charge in [-0.2, -0.15) is 0 Å². The molecule has 1 aromatic heterocycles. The molecule has 8 heteroatoms. The van der Waals surface area contributed by atoms with Crippen LogP contribution in [0.4, 0.5) is 5.82 Å². The smallest absolute Gasteiger partial charge is 0.247 e. The van der Waals surface area contributed by atoms with E-state index in [1.54, 1.807) is 53.6 Å². The number of rotatable bonds is 9. The number of nitrogens with one attached hydrogen (secondary N) is 2. The maximum Gasteiger partial charge on any atom is 0.247 e. The van der Waals surface area contributed by atoms with E-state index in [1.807, 2.05) is 13.8 Å². The van der Waals surface area contributed by atoms with Crippen LogP contribution >= 0.6 is 11.6 Å². The largest absolute Gasteiger partial charge is 0.352 e. The number of halogens is 1. The lowest BCUT2D eigenvalue weighted by Crippen LogP contribution is -2.50. The van der Waals surface area contributed by atoms with Crippen LogP contribution in [0.15, 0.2) is 48.7 Å². The zero-order valence-electron chi connectivity index (χ0n) is 19.8. The first-order valence-electron chi connectivity index (χ1n) is 11.9. The number of benzene rings is 1. The molecule has 2 N–H and O–H groups in total. The number of hydrogen-bond donors (Lipinski definition) is 2. The molecule has 1 fully saturated rings. The highest BCUT2D eigenvalue weighted by molar-refractivity contribution is 6.30. The van der Waals surface area contributed by atoms with Gasteiger partial charge in [-0.15, -0.1) is 0 Å². The van der Waals surface area contributed by atoms with E-state index < -0.39 is 6.04 Å². The molecule has 1 atom stereocenters. The van der Waals surface area contributed by atoms with Crippen molar-refractivity contribution in [2.75, 3.05) is 5.32 Å². The Labute approximate surface area is 206 Å². The second-order valence-electron chi connectivity index (χ2n) is 8.97. The molecule has 1 saturated carbocycles. The van der Waals surface area contributed by atoms with E-state index in [2.05, 4.69) is 15.6 Å². The Bertz CT molecular complexity index is 960. The van der Waals surface area contributed by atoms with E-state index in [-0.39, 0.29) is 42.6 Å². The lowest BCUT2D eigenvalue weighted by Gasteiger charge is -2.40. The molecule has 0 radical (unpaired) electrons. The molecule has 182 valence electrons. The zero-order valence-corrected chi connectivity index (χ0v) is 20.6. The molecule has 0 saturated heterocycles. The second kappa shape index (κ2) is 12.5. The van der Waals surface area contributed by atoms with Crippen molar-refractivity contribution in [3.63, 3.8) is 0 Å². The van der Waals surface area contributed by atoms with Crippen LogP contribution in [0, 0.1) is 0 Å². The van der Waals surface area contributed by atoms with Gasteiger partial charge in [-0.1, -0.05) is 49.1 Å². The summed E-state index contributed by atoms with van der Waals surface area (Å²) in [5.74, 6) is -0.277. The molecule has 1 aromatic carbocycles. The first-order valence-corrected chi connectivity index (χ1v) is 12.3. The van der Waals surface area contributed by atoms with Gasteiger partial charge in [-0.05, 0) is 56.5 Å². The summed E-state index contributed by atoms with van der Waals surface area (Å²) < 4.78 is 0. The van der Waals surface area contributed by atoms with E-state index in [0.29, 0.717) is 16.4 Å². The lowest BCUT2D eigenvalue weighted by atomic mass is 9.91. The zero-order chi connectivity index (χ0) is 24.5. The Kier molecular flexibility index (Phi) is 9.45. The van der Waals surface area contributed by atoms with Crippen molar-refractivity contribution >= 4 is 35.1 Å². The highest BCUT2D eigenvalue weighted by atomic mass is 35.5. The molecule has 3 amide bonds. The van der Waals surface area contributed by atoms with Crippen LogP contribution in [0.1, 0.15) is 70.4 Å². The van der Waals surface area contributed by atoms with Gasteiger partial charge in [0.05, 0.1) is 0 Å². The number of anilines is 1. The summed E-state index contributed by atoms with van der Waals surface area (Å²) in [5, 5.41) is 6.26. The molecule has 0 spiro atoms. The molecule has 1 aliphatic carbocycles. The van der Waals surface area contributed by atoms with Crippen LogP contribution in [0.25, 0.3) is 0 Å². The predicted octanol–water partition coefficient (Wildman–Crippen LogP) is 4.88. The predicted molar refractivity (Wildman–Crippen MR) is 133 cm³/mol. The molecule has 1 aliphatic rings. The van der Waals surface area contributed by atoms with Crippen molar-refractivity contribution in [3.05, 3.63) is 59.2 Å². The molecule has 1 unspecified atom stereocenters. The summed E-state index contributed by atoms with van der Waals surface area (Å²) in [6.07, 6.45) is 6.42. The van der Waals surface area contributed by atoms with Crippen LogP contribution in [-0.4, -0.2) is 39.7 Å². The number of amides is 3. The van der Waals surface area contributed by atoms with E-state index >= 15 is 0 Å². The summed E-state index contributed by atoms with van der Waals surface area (Å²) in [5.41, 5.74) is 0.708. The summed E-state index contributed by atoms with van der Waals surface area (Å²) >= 11 is 6.09. The van der Waals surface area contributed by atoms with Crippen LogP contribution in [0.3, 0.4) is 0 Å². The van der Waals surface area contributed by atoms with Crippen molar-refractivity contribution in [2.24, 2.45) is 0 Å².